The van der Waals surface area contributed by atoms with Crippen LogP contribution in [0.1, 0.15) is 4.88 Å². The van der Waals surface area contributed by atoms with Gasteiger partial charge in [0.05, 0.1) is 4.88 Å². The van der Waals surface area contributed by atoms with Crippen molar-refractivity contribution in [2.45, 2.75) is 6.92 Å². The number of halogens is 1. The van der Waals surface area contributed by atoms with E-state index in [1.807, 2.05) is 6.07 Å². The molecule has 2 heterocycles. The largest absolute Gasteiger partial charge is 0.203 e. The summed E-state index contributed by atoms with van der Waals surface area (Å²) in [6, 6.07) is 4.06. The molecule has 0 aliphatic rings. The second kappa shape index (κ2) is 3.12. The highest BCUT2D eigenvalue weighted by atomic mass is 35.5. The predicted molar refractivity (Wildman–Crippen MR) is 53.0 cm³/mol. The Kier molecular flexibility index (Phi) is 2.12. The van der Waals surface area contributed by atoms with Crippen molar-refractivity contribution in [1.29, 1.82) is 0 Å². The average molecular weight is 217 g/mol. The van der Waals surface area contributed by atoms with Gasteiger partial charge in [0.2, 0.25) is 4.47 Å². The summed E-state index contributed by atoms with van der Waals surface area (Å²) < 4.78 is 4.60. The van der Waals surface area contributed by atoms with Crippen LogP contribution < -0.4 is 0 Å². The van der Waals surface area contributed by atoms with E-state index in [0.717, 1.165) is 10.7 Å². The summed E-state index contributed by atoms with van der Waals surface area (Å²) in [6.45, 7) is 2.06. The summed E-state index contributed by atoms with van der Waals surface area (Å²) in [7, 11) is 0. The molecule has 0 fully saturated rings. The van der Waals surface area contributed by atoms with Crippen LogP contribution in [0.25, 0.3) is 10.7 Å². The maximum Gasteiger partial charge on any atom is 0.203 e. The van der Waals surface area contributed by atoms with E-state index in [4.69, 9.17) is 11.6 Å². The molecule has 0 unspecified atom stereocenters. The third-order valence-corrected chi connectivity index (χ3v) is 3.16. The van der Waals surface area contributed by atoms with Crippen LogP contribution in [0.3, 0.4) is 0 Å². The lowest BCUT2D eigenvalue weighted by Crippen LogP contribution is -1.71. The molecule has 0 saturated heterocycles. The van der Waals surface area contributed by atoms with E-state index >= 15 is 0 Å². The second-order valence-corrected chi connectivity index (χ2v) is 4.90. The van der Waals surface area contributed by atoms with Gasteiger partial charge in [0.1, 0.15) is 0 Å². The lowest BCUT2D eigenvalue weighted by molar-refractivity contribution is 1.35. The molecule has 2 aromatic rings. The Hall–Kier alpha value is -0.450. The Balaban J connectivity index is 2.43. The monoisotopic (exact) mass is 216 g/mol. The first-order chi connectivity index (χ1) is 5.75. The average Bonchev–Trinajstić information content (AvgIpc) is 2.58. The number of hydrogen-bond donors (Lipinski definition) is 0. The van der Waals surface area contributed by atoms with Gasteiger partial charge >= 0.3 is 0 Å². The lowest BCUT2D eigenvalue weighted by atomic mass is 10.4. The fraction of sp³-hybridized carbons (Fsp3) is 0.143. The highest BCUT2D eigenvalue weighted by Crippen LogP contribution is 2.27. The van der Waals surface area contributed by atoms with Crippen LogP contribution in [0.2, 0.25) is 4.47 Å². The number of aryl methyl sites for hydroxylation is 1. The molecule has 0 bridgehead atoms. The fourth-order valence-electron chi connectivity index (χ4n) is 0.860. The van der Waals surface area contributed by atoms with Crippen molar-refractivity contribution in [3.8, 4) is 10.7 Å². The van der Waals surface area contributed by atoms with Crippen LogP contribution >= 0.6 is 34.5 Å². The van der Waals surface area contributed by atoms with E-state index < -0.39 is 0 Å². The molecule has 0 aromatic carbocycles. The molecule has 5 heteroatoms. The molecular weight excluding hydrogens is 212 g/mol. The van der Waals surface area contributed by atoms with E-state index in [9.17, 15) is 0 Å². The van der Waals surface area contributed by atoms with Gasteiger partial charge < -0.3 is 0 Å². The van der Waals surface area contributed by atoms with Crippen LogP contribution in [-0.4, -0.2) is 9.36 Å². The molecule has 0 aliphatic heterocycles. The first-order valence-electron chi connectivity index (χ1n) is 3.32. The first kappa shape index (κ1) is 8.16. The molecule has 2 rings (SSSR count). The van der Waals surface area contributed by atoms with Gasteiger partial charge in [0, 0.05) is 4.88 Å². The van der Waals surface area contributed by atoms with E-state index in [2.05, 4.69) is 22.3 Å². The Labute approximate surface area is 83.0 Å². The standard InChI is InChI=1S/C7H5ClN2S2/c1-4-2-3-5(11-4)6-9-7(8)12-10-6/h2-3H,1H3. The van der Waals surface area contributed by atoms with Gasteiger partial charge in [-0.15, -0.1) is 11.3 Å². The van der Waals surface area contributed by atoms with Crippen molar-refractivity contribution < 1.29 is 0 Å². The smallest absolute Gasteiger partial charge is 0.202 e. The minimum Gasteiger partial charge on any atom is -0.202 e. The Morgan fingerprint density at radius 1 is 1.42 bits per heavy atom. The summed E-state index contributed by atoms with van der Waals surface area (Å²) in [6.07, 6.45) is 0. The van der Waals surface area contributed by atoms with Crippen LogP contribution in [0.5, 0.6) is 0 Å². The van der Waals surface area contributed by atoms with Crippen LogP contribution in [0.4, 0.5) is 0 Å². The van der Waals surface area contributed by atoms with E-state index in [1.165, 1.54) is 16.4 Å². The molecule has 0 saturated carbocycles. The molecule has 2 aromatic heterocycles. The summed E-state index contributed by atoms with van der Waals surface area (Å²) in [5.41, 5.74) is 0. The third-order valence-electron chi connectivity index (χ3n) is 1.36. The highest BCUT2D eigenvalue weighted by molar-refractivity contribution is 7.15. The maximum absolute atomic E-state index is 5.67. The highest BCUT2D eigenvalue weighted by Gasteiger charge is 2.06. The summed E-state index contributed by atoms with van der Waals surface area (Å²) >= 11 is 8.56. The van der Waals surface area contributed by atoms with E-state index in [1.54, 1.807) is 11.3 Å². The maximum atomic E-state index is 5.67. The van der Waals surface area contributed by atoms with Gasteiger partial charge in [-0.2, -0.15) is 4.37 Å². The normalized spacial score (nSPS) is 10.5. The molecule has 0 spiro atoms. The summed E-state index contributed by atoms with van der Waals surface area (Å²) in [5.74, 6) is 0.739. The molecule has 0 aliphatic carbocycles. The van der Waals surface area contributed by atoms with E-state index in [0.29, 0.717) is 4.47 Å². The number of nitrogens with zero attached hydrogens (tertiary/aromatic N) is 2. The minimum atomic E-state index is 0.496. The van der Waals surface area contributed by atoms with Crippen molar-refractivity contribution in [2.75, 3.05) is 0 Å². The fourth-order valence-corrected chi connectivity index (χ4v) is 2.33. The Morgan fingerprint density at radius 3 is 2.75 bits per heavy atom. The van der Waals surface area contributed by atoms with Gasteiger partial charge in [-0.1, -0.05) is 0 Å². The predicted octanol–water partition coefficient (Wildman–Crippen LogP) is 3.23. The number of thiophene rings is 1. The summed E-state index contributed by atoms with van der Waals surface area (Å²) in [4.78, 5) is 6.42. The van der Waals surface area contributed by atoms with Gasteiger partial charge in [-0.3, -0.25) is 0 Å². The second-order valence-electron chi connectivity index (χ2n) is 2.28. The molecular formula is C7H5ClN2S2. The van der Waals surface area contributed by atoms with Gasteiger partial charge in [-0.25, -0.2) is 4.98 Å². The SMILES string of the molecule is Cc1ccc(-c2nsc(Cl)n2)s1. The number of rotatable bonds is 1. The van der Waals surface area contributed by atoms with Crippen molar-refractivity contribution in [3.63, 3.8) is 0 Å². The Morgan fingerprint density at radius 2 is 2.25 bits per heavy atom. The van der Waals surface area contributed by atoms with Crippen molar-refractivity contribution in [2.24, 2.45) is 0 Å². The van der Waals surface area contributed by atoms with Gasteiger partial charge in [0.25, 0.3) is 0 Å². The number of hydrogen-bond acceptors (Lipinski definition) is 4. The molecule has 12 heavy (non-hydrogen) atoms. The molecule has 0 N–H and O–H groups in total. The zero-order valence-electron chi connectivity index (χ0n) is 6.24. The summed E-state index contributed by atoms with van der Waals surface area (Å²) in [5, 5.41) is 0. The Bertz CT molecular complexity index is 355. The quantitative estimate of drug-likeness (QED) is 0.732. The molecule has 0 amide bonds. The molecule has 0 atom stereocenters. The number of aromatic nitrogens is 2. The van der Waals surface area contributed by atoms with Crippen molar-refractivity contribution >= 4 is 34.5 Å². The zero-order chi connectivity index (χ0) is 8.55. The van der Waals surface area contributed by atoms with Crippen LogP contribution in [0.15, 0.2) is 12.1 Å². The van der Waals surface area contributed by atoms with Crippen molar-refractivity contribution in [3.05, 3.63) is 21.5 Å². The van der Waals surface area contributed by atoms with Gasteiger partial charge in [-0.05, 0) is 42.2 Å². The molecule has 2 nitrogen and oxygen atoms in total. The molecule has 62 valence electrons. The molecule has 0 radical (unpaired) electrons. The van der Waals surface area contributed by atoms with Gasteiger partial charge in [0.15, 0.2) is 5.82 Å². The van der Waals surface area contributed by atoms with Crippen LogP contribution in [0, 0.1) is 6.92 Å². The van der Waals surface area contributed by atoms with Crippen LogP contribution in [-0.2, 0) is 0 Å². The first-order valence-corrected chi connectivity index (χ1v) is 5.28. The topological polar surface area (TPSA) is 25.8 Å². The lowest BCUT2D eigenvalue weighted by Gasteiger charge is -1.83. The third kappa shape index (κ3) is 1.50. The minimum absolute atomic E-state index is 0.496. The van der Waals surface area contributed by atoms with Crippen molar-refractivity contribution in [1.82, 2.24) is 9.36 Å². The zero-order valence-corrected chi connectivity index (χ0v) is 8.63. The van der Waals surface area contributed by atoms with E-state index in [-0.39, 0.29) is 0 Å².